The molecule has 24 heavy (non-hydrogen) atoms. The van der Waals surface area contributed by atoms with Gasteiger partial charge in [0.25, 0.3) is 5.91 Å². The molecule has 0 unspecified atom stereocenters. The van der Waals surface area contributed by atoms with Gasteiger partial charge in [0.05, 0.1) is 18.2 Å². The van der Waals surface area contributed by atoms with Crippen molar-refractivity contribution in [3.8, 4) is 5.75 Å². The zero-order valence-electron chi connectivity index (χ0n) is 13.3. The van der Waals surface area contributed by atoms with Gasteiger partial charge in [-0.1, -0.05) is 0 Å². The topological polar surface area (TPSA) is 97.6 Å². The number of pyridine rings is 1. The fourth-order valence-corrected chi connectivity index (χ4v) is 3.64. The van der Waals surface area contributed by atoms with E-state index in [2.05, 4.69) is 15.2 Å². The van der Waals surface area contributed by atoms with Gasteiger partial charge in [-0.05, 0) is 30.0 Å². The Hall–Kier alpha value is -2.83. The average molecular weight is 326 g/mol. The maximum Gasteiger partial charge on any atom is 0.252 e. The first-order valence-corrected chi connectivity index (χ1v) is 7.84. The van der Waals surface area contributed by atoms with Crippen molar-refractivity contribution in [3.63, 3.8) is 0 Å². The van der Waals surface area contributed by atoms with Crippen LogP contribution in [0.4, 0.5) is 5.82 Å². The maximum atomic E-state index is 11.6. The Balaban J connectivity index is 1.72. The highest BCUT2D eigenvalue weighted by atomic mass is 16.5. The number of primary amides is 1. The van der Waals surface area contributed by atoms with E-state index in [1.165, 1.54) is 7.11 Å². The van der Waals surface area contributed by atoms with Crippen LogP contribution in [0.15, 0.2) is 24.4 Å². The van der Waals surface area contributed by atoms with Crippen LogP contribution < -0.4 is 20.7 Å². The summed E-state index contributed by atoms with van der Waals surface area (Å²) in [5.41, 5.74) is 5.66. The molecule has 1 spiro atoms. The van der Waals surface area contributed by atoms with Gasteiger partial charge in [0, 0.05) is 31.1 Å². The number of hydrogen-bond acceptors (Lipinski definition) is 5. The molecule has 0 aliphatic carbocycles. The van der Waals surface area contributed by atoms with Crippen molar-refractivity contribution in [1.29, 1.82) is 0 Å². The summed E-state index contributed by atoms with van der Waals surface area (Å²) < 4.78 is 5.30. The summed E-state index contributed by atoms with van der Waals surface area (Å²) in [6, 6.07) is 5.38. The molecular weight excluding hydrogens is 308 g/mol. The Labute approximate surface area is 138 Å². The Morgan fingerprint density at radius 1 is 1.42 bits per heavy atom. The van der Waals surface area contributed by atoms with Crippen molar-refractivity contribution < 1.29 is 14.3 Å². The number of hydrogen-bond donors (Lipinski definition) is 2. The lowest BCUT2D eigenvalue weighted by molar-refractivity contribution is -0.119. The summed E-state index contributed by atoms with van der Waals surface area (Å²) in [4.78, 5) is 29.7. The van der Waals surface area contributed by atoms with Crippen LogP contribution in [-0.4, -0.2) is 42.5 Å². The minimum atomic E-state index is -0.524. The molecule has 4 rings (SSSR count). The highest BCUT2D eigenvalue weighted by Gasteiger charge is 2.48. The van der Waals surface area contributed by atoms with Crippen LogP contribution in [0.5, 0.6) is 5.75 Å². The van der Waals surface area contributed by atoms with Gasteiger partial charge >= 0.3 is 0 Å². The third-order valence-corrected chi connectivity index (χ3v) is 4.85. The number of nitrogens with one attached hydrogen (secondary N) is 1. The first-order valence-electron chi connectivity index (χ1n) is 7.84. The van der Waals surface area contributed by atoms with Gasteiger partial charge in [-0.2, -0.15) is 0 Å². The quantitative estimate of drug-likeness (QED) is 0.870. The second-order valence-electron chi connectivity index (χ2n) is 6.46. The molecule has 1 aromatic heterocycles. The lowest BCUT2D eigenvalue weighted by Gasteiger charge is -2.48. The number of amides is 2. The minimum Gasteiger partial charge on any atom is -0.496 e. The van der Waals surface area contributed by atoms with E-state index >= 15 is 0 Å². The van der Waals surface area contributed by atoms with E-state index in [4.69, 9.17) is 10.5 Å². The summed E-state index contributed by atoms with van der Waals surface area (Å²) in [5, 5.41) is 4.85. The Morgan fingerprint density at radius 2 is 2.21 bits per heavy atom. The number of benzene rings is 1. The molecule has 0 atom stereocenters. The van der Waals surface area contributed by atoms with Crippen molar-refractivity contribution in [1.82, 2.24) is 10.3 Å². The average Bonchev–Trinajstić information content (AvgIpc) is 2.93. The molecule has 2 amide bonds. The second-order valence-corrected chi connectivity index (χ2v) is 6.46. The monoisotopic (exact) mass is 326 g/mol. The largest absolute Gasteiger partial charge is 0.496 e. The van der Waals surface area contributed by atoms with Crippen LogP contribution >= 0.6 is 0 Å². The predicted molar refractivity (Wildman–Crippen MR) is 89.1 cm³/mol. The van der Waals surface area contributed by atoms with Gasteiger partial charge in [-0.15, -0.1) is 0 Å². The third kappa shape index (κ3) is 2.16. The molecule has 3 heterocycles. The smallest absolute Gasteiger partial charge is 0.252 e. The number of nitrogens with two attached hydrogens (primary N) is 1. The van der Waals surface area contributed by atoms with Crippen LogP contribution in [-0.2, 0) is 4.79 Å². The number of aromatic nitrogens is 1. The van der Waals surface area contributed by atoms with Gasteiger partial charge in [0.15, 0.2) is 0 Å². The lowest BCUT2D eigenvalue weighted by Crippen LogP contribution is -2.67. The van der Waals surface area contributed by atoms with Gasteiger partial charge in [0.2, 0.25) is 5.91 Å². The number of fused-ring (bicyclic) bond motifs is 1. The minimum absolute atomic E-state index is 0.113. The molecule has 2 fully saturated rings. The molecular formula is C17H18N4O3. The molecule has 124 valence electrons. The van der Waals surface area contributed by atoms with Gasteiger partial charge in [0.1, 0.15) is 11.6 Å². The molecule has 2 aliphatic heterocycles. The molecule has 7 nitrogen and oxygen atoms in total. The fourth-order valence-electron chi connectivity index (χ4n) is 3.64. The van der Waals surface area contributed by atoms with Gasteiger partial charge < -0.3 is 20.7 Å². The summed E-state index contributed by atoms with van der Waals surface area (Å²) in [6.45, 7) is 1.48. The van der Waals surface area contributed by atoms with E-state index < -0.39 is 5.91 Å². The summed E-state index contributed by atoms with van der Waals surface area (Å²) in [5.74, 6) is 0.860. The molecule has 2 saturated heterocycles. The van der Waals surface area contributed by atoms with E-state index in [1.807, 2.05) is 6.07 Å². The predicted octanol–water partition coefficient (Wildman–Crippen LogP) is 0.811. The first-order chi connectivity index (χ1) is 11.5. The molecule has 3 N–H and O–H groups in total. The molecule has 2 aliphatic rings. The maximum absolute atomic E-state index is 11.6. The van der Waals surface area contributed by atoms with Gasteiger partial charge in [-0.25, -0.2) is 4.98 Å². The number of carbonyl (C=O) groups excluding carboxylic acids is 2. The van der Waals surface area contributed by atoms with E-state index in [0.717, 1.165) is 36.1 Å². The molecule has 1 aromatic carbocycles. The molecule has 0 saturated carbocycles. The van der Waals surface area contributed by atoms with Crippen LogP contribution in [0.2, 0.25) is 0 Å². The molecule has 0 bridgehead atoms. The highest BCUT2D eigenvalue weighted by Crippen LogP contribution is 2.37. The second kappa shape index (κ2) is 5.09. The fraction of sp³-hybridized carbons (Fsp3) is 0.353. The third-order valence-electron chi connectivity index (χ3n) is 4.85. The van der Waals surface area contributed by atoms with E-state index in [-0.39, 0.29) is 11.4 Å². The number of nitrogens with zero attached hydrogens (tertiary/aromatic N) is 2. The normalized spacial score (nSPS) is 18.5. The number of rotatable bonds is 3. The standard InChI is InChI=1S/C17H18N4O3/c1-24-13-7-11-10(6-12(13)15(18)23)3-5-19-16(11)21-8-17(9-21)4-2-14(22)20-17/h3,5-7H,2,4,8-9H2,1H3,(H2,18,23)(H,20,22). The zero-order valence-corrected chi connectivity index (χ0v) is 13.3. The number of ether oxygens (including phenoxy) is 1. The number of methoxy groups -OCH3 is 1. The highest BCUT2D eigenvalue weighted by molar-refractivity contribution is 6.03. The van der Waals surface area contributed by atoms with Crippen molar-refractivity contribution in [2.24, 2.45) is 5.73 Å². The van der Waals surface area contributed by atoms with E-state index in [1.54, 1.807) is 18.3 Å². The van der Waals surface area contributed by atoms with Crippen molar-refractivity contribution >= 4 is 28.4 Å². The Morgan fingerprint density at radius 3 is 2.83 bits per heavy atom. The Bertz CT molecular complexity index is 858. The summed E-state index contributed by atoms with van der Waals surface area (Å²) in [7, 11) is 1.51. The number of anilines is 1. The van der Waals surface area contributed by atoms with Crippen LogP contribution in [0.25, 0.3) is 10.8 Å². The van der Waals surface area contributed by atoms with Gasteiger partial charge in [-0.3, -0.25) is 9.59 Å². The summed E-state index contributed by atoms with van der Waals surface area (Å²) in [6.07, 6.45) is 3.17. The molecule has 7 heteroatoms. The van der Waals surface area contributed by atoms with Crippen molar-refractivity contribution in [3.05, 3.63) is 30.0 Å². The van der Waals surface area contributed by atoms with Crippen LogP contribution in [0.3, 0.4) is 0 Å². The van der Waals surface area contributed by atoms with Crippen LogP contribution in [0, 0.1) is 0 Å². The SMILES string of the molecule is COc1cc2c(N3CC4(CCC(=O)N4)C3)nccc2cc1C(N)=O. The van der Waals surface area contributed by atoms with Crippen molar-refractivity contribution in [2.75, 3.05) is 25.1 Å². The molecule has 0 radical (unpaired) electrons. The Kier molecular flexibility index (Phi) is 3.13. The summed E-state index contributed by atoms with van der Waals surface area (Å²) >= 11 is 0. The number of carbonyl (C=O) groups is 2. The van der Waals surface area contributed by atoms with E-state index in [0.29, 0.717) is 17.7 Å². The molecule has 2 aromatic rings. The van der Waals surface area contributed by atoms with Crippen molar-refractivity contribution in [2.45, 2.75) is 18.4 Å². The lowest BCUT2D eigenvalue weighted by atomic mass is 9.88. The van der Waals surface area contributed by atoms with E-state index in [9.17, 15) is 9.59 Å². The first kappa shape index (κ1) is 14.7. The zero-order chi connectivity index (χ0) is 16.9. The van der Waals surface area contributed by atoms with Crippen LogP contribution in [0.1, 0.15) is 23.2 Å².